The minimum absolute atomic E-state index is 0.150. The van der Waals surface area contributed by atoms with E-state index >= 15 is 0 Å². The number of halogens is 2. The summed E-state index contributed by atoms with van der Waals surface area (Å²) in [6, 6.07) is 4.83. The molecular formula is C12H17Cl2NO2S. The molecule has 102 valence electrons. The third kappa shape index (κ3) is 5.24. The number of hydrogen-bond donors (Lipinski definition) is 2. The fourth-order valence-corrected chi connectivity index (χ4v) is 3.22. The van der Waals surface area contributed by atoms with Gasteiger partial charge in [0.25, 0.3) is 0 Å². The van der Waals surface area contributed by atoms with Crippen molar-refractivity contribution in [3.05, 3.63) is 28.2 Å². The van der Waals surface area contributed by atoms with E-state index in [2.05, 4.69) is 5.32 Å². The molecular weight excluding hydrogens is 293 g/mol. The SMILES string of the molecule is CCCNCC(O)CS(=O)c1cc(Cl)ccc1Cl. The number of nitrogens with one attached hydrogen (secondary N) is 1. The number of hydrogen-bond acceptors (Lipinski definition) is 3. The van der Waals surface area contributed by atoms with Gasteiger partial charge in [0.1, 0.15) is 0 Å². The topological polar surface area (TPSA) is 49.3 Å². The molecule has 0 saturated heterocycles. The molecule has 2 atom stereocenters. The van der Waals surface area contributed by atoms with Crippen LogP contribution in [-0.2, 0) is 10.8 Å². The number of rotatable bonds is 7. The molecule has 0 heterocycles. The van der Waals surface area contributed by atoms with E-state index in [1.54, 1.807) is 18.2 Å². The van der Waals surface area contributed by atoms with Crippen LogP contribution in [0.25, 0.3) is 0 Å². The van der Waals surface area contributed by atoms with E-state index in [1.165, 1.54) is 0 Å². The molecule has 0 aliphatic carbocycles. The van der Waals surface area contributed by atoms with Gasteiger partial charge in [-0.3, -0.25) is 4.21 Å². The minimum Gasteiger partial charge on any atom is -0.391 e. The molecule has 2 N–H and O–H groups in total. The molecule has 0 spiro atoms. The van der Waals surface area contributed by atoms with E-state index in [9.17, 15) is 9.32 Å². The van der Waals surface area contributed by atoms with Crippen molar-refractivity contribution in [2.45, 2.75) is 24.3 Å². The first-order valence-corrected chi connectivity index (χ1v) is 7.84. The van der Waals surface area contributed by atoms with Crippen LogP contribution in [0.15, 0.2) is 23.1 Å². The molecule has 0 radical (unpaired) electrons. The maximum atomic E-state index is 12.0. The minimum atomic E-state index is -1.35. The van der Waals surface area contributed by atoms with E-state index in [1.807, 2.05) is 6.92 Å². The largest absolute Gasteiger partial charge is 0.391 e. The van der Waals surface area contributed by atoms with Crippen molar-refractivity contribution in [3.63, 3.8) is 0 Å². The molecule has 2 unspecified atom stereocenters. The Bertz CT molecular complexity index is 415. The number of aliphatic hydroxyl groups is 1. The lowest BCUT2D eigenvalue weighted by atomic mass is 10.4. The standard InChI is InChI=1S/C12H17Cl2NO2S/c1-2-5-15-7-10(16)8-18(17)12-6-9(13)3-4-11(12)14/h3-4,6,10,15-16H,2,5,7-8H2,1H3. The van der Waals surface area contributed by atoms with Crippen LogP contribution in [0, 0.1) is 0 Å². The Morgan fingerprint density at radius 1 is 1.44 bits per heavy atom. The smallest absolute Gasteiger partial charge is 0.0783 e. The van der Waals surface area contributed by atoms with Gasteiger partial charge in [0.05, 0.1) is 32.6 Å². The monoisotopic (exact) mass is 309 g/mol. The Morgan fingerprint density at radius 2 is 2.17 bits per heavy atom. The highest BCUT2D eigenvalue weighted by Gasteiger charge is 2.14. The maximum absolute atomic E-state index is 12.0. The average molecular weight is 310 g/mol. The molecule has 1 rings (SSSR count). The molecule has 0 aliphatic rings. The molecule has 0 aliphatic heterocycles. The van der Waals surface area contributed by atoms with Crippen molar-refractivity contribution in [2.75, 3.05) is 18.8 Å². The van der Waals surface area contributed by atoms with Crippen LogP contribution in [0.1, 0.15) is 13.3 Å². The molecule has 3 nitrogen and oxygen atoms in total. The van der Waals surface area contributed by atoms with Gasteiger partial charge in [0, 0.05) is 11.6 Å². The summed E-state index contributed by atoms with van der Waals surface area (Å²) in [5.74, 6) is 0.150. The first-order valence-electron chi connectivity index (χ1n) is 5.76. The lowest BCUT2D eigenvalue weighted by molar-refractivity contribution is 0.195. The highest BCUT2D eigenvalue weighted by molar-refractivity contribution is 7.85. The lowest BCUT2D eigenvalue weighted by Crippen LogP contribution is -2.31. The summed E-state index contributed by atoms with van der Waals surface area (Å²) in [6.07, 6.45) is 0.336. The molecule has 0 aromatic heterocycles. The fourth-order valence-electron chi connectivity index (χ4n) is 1.42. The average Bonchev–Trinajstić information content (AvgIpc) is 2.32. The zero-order valence-electron chi connectivity index (χ0n) is 10.2. The van der Waals surface area contributed by atoms with Gasteiger partial charge in [0.15, 0.2) is 0 Å². The summed E-state index contributed by atoms with van der Waals surface area (Å²) < 4.78 is 12.0. The quantitative estimate of drug-likeness (QED) is 0.761. The van der Waals surface area contributed by atoms with Gasteiger partial charge in [-0.15, -0.1) is 0 Å². The summed E-state index contributed by atoms with van der Waals surface area (Å²) in [5.41, 5.74) is 0. The number of benzene rings is 1. The van der Waals surface area contributed by atoms with E-state index in [-0.39, 0.29) is 5.75 Å². The van der Waals surface area contributed by atoms with Crippen LogP contribution in [0.2, 0.25) is 10.0 Å². The predicted molar refractivity (Wildman–Crippen MR) is 76.9 cm³/mol. The van der Waals surface area contributed by atoms with Crippen molar-refractivity contribution < 1.29 is 9.32 Å². The first kappa shape index (κ1) is 15.9. The highest BCUT2D eigenvalue weighted by atomic mass is 35.5. The van der Waals surface area contributed by atoms with Crippen LogP contribution in [0.3, 0.4) is 0 Å². The summed E-state index contributed by atoms with van der Waals surface area (Å²) in [7, 11) is -1.35. The molecule has 0 fully saturated rings. The van der Waals surface area contributed by atoms with Crippen LogP contribution in [0.4, 0.5) is 0 Å². The Morgan fingerprint density at radius 3 is 2.83 bits per heavy atom. The van der Waals surface area contributed by atoms with Crippen LogP contribution in [0.5, 0.6) is 0 Å². The Balaban J connectivity index is 2.56. The van der Waals surface area contributed by atoms with E-state index in [4.69, 9.17) is 23.2 Å². The third-order valence-electron chi connectivity index (χ3n) is 2.29. The fraction of sp³-hybridized carbons (Fsp3) is 0.500. The van der Waals surface area contributed by atoms with Crippen molar-refractivity contribution in [1.82, 2.24) is 5.32 Å². The Kier molecular flexibility index (Phi) is 7.19. The zero-order chi connectivity index (χ0) is 13.5. The summed E-state index contributed by atoms with van der Waals surface area (Å²) in [6.45, 7) is 3.31. The van der Waals surface area contributed by atoms with Crippen molar-refractivity contribution in [3.8, 4) is 0 Å². The van der Waals surface area contributed by atoms with Gasteiger partial charge in [0.2, 0.25) is 0 Å². The molecule has 6 heteroatoms. The van der Waals surface area contributed by atoms with Crippen LogP contribution in [-0.4, -0.2) is 34.3 Å². The van der Waals surface area contributed by atoms with Crippen LogP contribution < -0.4 is 5.32 Å². The summed E-state index contributed by atoms with van der Waals surface area (Å²) in [4.78, 5) is 0.471. The van der Waals surface area contributed by atoms with Gasteiger partial charge >= 0.3 is 0 Å². The van der Waals surface area contributed by atoms with Gasteiger partial charge in [-0.25, -0.2) is 0 Å². The normalized spacial score (nSPS) is 14.4. The Hall–Kier alpha value is -0.130. The second-order valence-electron chi connectivity index (χ2n) is 3.94. The van der Waals surface area contributed by atoms with E-state index in [0.717, 1.165) is 13.0 Å². The van der Waals surface area contributed by atoms with Gasteiger partial charge in [-0.05, 0) is 31.2 Å². The predicted octanol–water partition coefficient (Wildman–Crippen LogP) is 2.46. The van der Waals surface area contributed by atoms with Crippen LogP contribution >= 0.6 is 23.2 Å². The van der Waals surface area contributed by atoms with E-state index in [0.29, 0.717) is 21.5 Å². The molecule has 0 saturated carbocycles. The number of aliphatic hydroxyl groups excluding tert-OH is 1. The second-order valence-corrected chi connectivity index (χ2v) is 6.25. The first-order chi connectivity index (χ1) is 8.54. The lowest BCUT2D eigenvalue weighted by Gasteiger charge is -2.12. The molecule has 0 amide bonds. The highest BCUT2D eigenvalue weighted by Crippen LogP contribution is 2.24. The van der Waals surface area contributed by atoms with E-state index < -0.39 is 16.9 Å². The Labute approximate surface area is 120 Å². The van der Waals surface area contributed by atoms with Gasteiger partial charge in [-0.2, -0.15) is 0 Å². The van der Waals surface area contributed by atoms with Crippen molar-refractivity contribution >= 4 is 34.0 Å². The maximum Gasteiger partial charge on any atom is 0.0783 e. The van der Waals surface area contributed by atoms with Gasteiger partial charge in [-0.1, -0.05) is 30.1 Å². The molecule has 1 aromatic carbocycles. The molecule has 0 bridgehead atoms. The second kappa shape index (κ2) is 8.12. The summed E-state index contributed by atoms with van der Waals surface area (Å²) >= 11 is 11.8. The summed E-state index contributed by atoms with van der Waals surface area (Å²) in [5, 5.41) is 13.7. The third-order valence-corrected chi connectivity index (χ3v) is 4.48. The van der Waals surface area contributed by atoms with Gasteiger partial charge < -0.3 is 10.4 Å². The van der Waals surface area contributed by atoms with Crippen molar-refractivity contribution in [2.24, 2.45) is 0 Å². The zero-order valence-corrected chi connectivity index (χ0v) is 12.5. The van der Waals surface area contributed by atoms with Crippen molar-refractivity contribution in [1.29, 1.82) is 0 Å². The molecule has 1 aromatic rings. The molecule has 18 heavy (non-hydrogen) atoms.